The second-order valence-electron chi connectivity index (χ2n) is 3.47. The second-order valence-corrected chi connectivity index (χ2v) is 3.47. The summed E-state index contributed by atoms with van der Waals surface area (Å²) < 4.78 is 1.77. The highest BCUT2D eigenvalue weighted by Gasteiger charge is 2.03. The van der Waals surface area contributed by atoms with Crippen LogP contribution in [0, 0.1) is 6.92 Å². The Hall–Kier alpha value is -1.68. The van der Waals surface area contributed by atoms with Crippen molar-refractivity contribution in [1.82, 2.24) is 14.8 Å². The molecule has 2 heterocycles. The molecule has 0 bridgehead atoms. The third-order valence-corrected chi connectivity index (χ3v) is 2.26. The first-order valence-corrected chi connectivity index (χ1v) is 4.97. The Morgan fingerprint density at radius 2 is 2.33 bits per heavy atom. The van der Waals surface area contributed by atoms with Crippen LogP contribution in [0.15, 0.2) is 30.7 Å². The zero-order valence-corrected chi connectivity index (χ0v) is 8.72. The quantitative estimate of drug-likeness (QED) is 0.810. The van der Waals surface area contributed by atoms with Crippen molar-refractivity contribution in [3.63, 3.8) is 0 Å². The highest BCUT2D eigenvalue weighted by atomic mass is 15.3. The fourth-order valence-electron chi connectivity index (χ4n) is 1.56. The Labute approximate surface area is 88.8 Å². The van der Waals surface area contributed by atoms with Gasteiger partial charge in [0.1, 0.15) is 0 Å². The summed E-state index contributed by atoms with van der Waals surface area (Å²) >= 11 is 0. The smallest absolute Gasteiger partial charge is 0.156 e. The van der Waals surface area contributed by atoms with Gasteiger partial charge in [-0.1, -0.05) is 6.07 Å². The molecule has 2 aromatic heterocycles. The van der Waals surface area contributed by atoms with Gasteiger partial charge in [0, 0.05) is 18.6 Å². The van der Waals surface area contributed by atoms with Gasteiger partial charge in [0.2, 0.25) is 0 Å². The topological polar surface area (TPSA) is 56.7 Å². The van der Waals surface area contributed by atoms with Gasteiger partial charge >= 0.3 is 0 Å². The van der Waals surface area contributed by atoms with Crippen LogP contribution < -0.4 is 5.73 Å². The minimum absolute atomic E-state index is 0.655. The Morgan fingerprint density at radius 3 is 2.93 bits per heavy atom. The van der Waals surface area contributed by atoms with E-state index in [1.807, 2.05) is 25.4 Å². The molecule has 15 heavy (non-hydrogen) atoms. The summed E-state index contributed by atoms with van der Waals surface area (Å²) in [5.74, 6) is 0.876. The molecular formula is C11H14N4. The molecule has 2 rings (SSSR count). The Kier molecular flexibility index (Phi) is 2.78. The Balaban J connectivity index is 2.35. The third-order valence-electron chi connectivity index (χ3n) is 2.26. The number of pyridine rings is 1. The molecule has 78 valence electrons. The lowest BCUT2D eigenvalue weighted by Gasteiger charge is -2.06. The van der Waals surface area contributed by atoms with Gasteiger partial charge in [0.25, 0.3) is 0 Å². The number of aromatic nitrogens is 3. The van der Waals surface area contributed by atoms with Crippen molar-refractivity contribution in [3.05, 3.63) is 41.9 Å². The molecule has 0 spiro atoms. The minimum atomic E-state index is 0.655. The van der Waals surface area contributed by atoms with Gasteiger partial charge in [0.15, 0.2) is 5.82 Å². The van der Waals surface area contributed by atoms with E-state index in [1.54, 1.807) is 10.9 Å². The molecule has 0 aliphatic rings. The molecule has 0 amide bonds. The lowest BCUT2D eigenvalue weighted by Crippen LogP contribution is -2.06. The van der Waals surface area contributed by atoms with E-state index in [9.17, 15) is 0 Å². The number of hydrogen-bond donors (Lipinski definition) is 1. The van der Waals surface area contributed by atoms with Crippen LogP contribution in [0.2, 0.25) is 0 Å². The summed E-state index contributed by atoms with van der Waals surface area (Å²) in [6.07, 6.45) is 6.36. The van der Waals surface area contributed by atoms with Crippen LogP contribution in [-0.2, 0) is 6.42 Å². The molecule has 0 fully saturated rings. The normalized spacial score (nSPS) is 10.5. The van der Waals surface area contributed by atoms with E-state index in [2.05, 4.69) is 16.1 Å². The fraction of sp³-hybridized carbons (Fsp3) is 0.273. The van der Waals surface area contributed by atoms with Crippen molar-refractivity contribution in [2.75, 3.05) is 6.54 Å². The maximum absolute atomic E-state index is 5.50. The van der Waals surface area contributed by atoms with Crippen LogP contribution in [0.4, 0.5) is 0 Å². The van der Waals surface area contributed by atoms with Crippen molar-refractivity contribution >= 4 is 0 Å². The number of nitrogens with two attached hydrogens (primary N) is 1. The van der Waals surface area contributed by atoms with E-state index in [4.69, 9.17) is 5.73 Å². The van der Waals surface area contributed by atoms with Crippen molar-refractivity contribution in [1.29, 1.82) is 0 Å². The molecule has 4 heteroatoms. The molecule has 0 atom stereocenters. The Morgan fingerprint density at radius 1 is 1.47 bits per heavy atom. The lowest BCUT2D eigenvalue weighted by molar-refractivity contribution is 0.831. The molecule has 0 saturated carbocycles. The lowest BCUT2D eigenvalue weighted by atomic mass is 10.1. The highest BCUT2D eigenvalue weighted by molar-refractivity contribution is 5.34. The summed E-state index contributed by atoms with van der Waals surface area (Å²) in [5.41, 5.74) is 7.79. The predicted octanol–water partition coefficient (Wildman–Crippen LogP) is 1.08. The van der Waals surface area contributed by atoms with E-state index in [-0.39, 0.29) is 0 Å². The maximum Gasteiger partial charge on any atom is 0.156 e. The van der Waals surface area contributed by atoms with Crippen LogP contribution in [0.3, 0.4) is 0 Å². The summed E-state index contributed by atoms with van der Waals surface area (Å²) in [5, 5.41) is 4.15. The average molecular weight is 202 g/mol. The van der Waals surface area contributed by atoms with E-state index >= 15 is 0 Å². The zero-order chi connectivity index (χ0) is 10.7. The van der Waals surface area contributed by atoms with E-state index in [0.29, 0.717) is 6.54 Å². The van der Waals surface area contributed by atoms with Gasteiger partial charge in [0.05, 0.1) is 0 Å². The van der Waals surface area contributed by atoms with Crippen LogP contribution in [0.1, 0.15) is 11.1 Å². The molecule has 0 unspecified atom stereocenters. The first-order chi connectivity index (χ1) is 7.31. The molecule has 2 aromatic rings. The van der Waals surface area contributed by atoms with Crippen LogP contribution in [0.5, 0.6) is 0 Å². The fourth-order valence-corrected chi connectivity index (χ4v) is 1.56. The van der Waals surface area contributed by atoms with Gasteiger partial charge in [-0.2, -0.15) is 5.10 Å². The molecule has 0 aliphatic carbocycles. The van der Waals surface area contributed by atoms with Gasteiger partial charge < -0.3 is 5.73 Å². The van der Waals surface area contributed by atoms with Crippen LogP contribution in [0.25, 0.3) is 5.82 Å². The highest BCUT2D eigenvalue weighted by Crippen LogP contribution is 2.11. The van der Waals surface area contributed by atoms with Gasteiger partial charge in [-0.25, -0.2) is 9.67 Å². The van der Waals surface area contributed by atoms with Crippen molar-refractivity contribution < 1.29 is 0 Å². The minimum Gasteiger partial charge on any atom is -0.330 e. The summed E-state index contributed by atoms with van der Waals surface area (Å²) in [6, 6.07) is 3.99. The number of nitrogens with zero attached hydrogens (tertiary/aromatic N) is 3. The SMILES string of the molecule is Cc1cc(CCN)cnc1-n1cccn1. The summed E-state index contributed by atoms with van der Waals surface area (Å²) in [6.45, 7) is 2.69. The molecular weight excluding hydrogens is 188 g/mol. The molecule has 0 aliphatic heterocycles. The molecule has 0 aromatic carbocycles. The summed E-state index contributed by atoms with van der Waals surface area (Å²) in [4.78, 5) is 4.38. The monoisotopic (exact) mass is 202 g/mol. The largest absolute Gasteiger partial charge is 0.330 e. The molecule has 0 saturated heterocycles. The second kappa shape index (κ2) is 4.23. The van der Waals surface area contributed by atoms with Crippen molar-refractivity contribution in [2.24, 2.45) is 5.73 Å². The van der Waals surface area contributed by atoms with Gasteiger partial charge in [-0.05, 0) is 37.1 Å². The number of rotatable bonds is 3. The third kappa shape index (κ3) is 2.05. The number of aryl methyl sites for hydroxylation is 1. The first-order valence-electron chi connectivity index (χ1n) is 4.97. The maximum atomic E-state index is 5.50. The van der Waals surface area contributed by atoms with Crippen LogP contribution in [-0.4, -0.2) is 21.3 Å². The van der Waals surface area contributed by atoms with Gasteiger partial charge in [-0.15, -0.1) is 0 Å². The first kappa shape index (κ1) is 9.86. The number of hydrogen-bond acceptors (Lipinski definition) is 3. The van der Waals surface area contributed by atoms with E-state index in [1.165, 1.54) is 5.56 Å². The molecule has 4 nitrogen and oxygen atoms in total. The predicted molar refractivity (Wildman–Crippen MR) is 58.9 cm³/mol. The van der Waals surface area contributed by atoms with Crippen molar-refractivity contribution in [3.8, 4) is 5.82 Å². The van der Waals surface area contributed by atoms with E-state index < -0.39 is 0 Å². The molecule has 0 radical (unpaired) electrons. The zero-order valence-electron chi connectivity index (χ0n) is 8.72. The average Bonchev–Trinajstić information content (AvgIpc) is 2.71. The summed E-state index contributed by atoms with van der Waals surface area (Å²) in [7, 11) is 0. The Bertz CT molecular complexity index is 434. The van der Waals surface area contributed by atoms with Crippen molar-refractivity contribution in [2.45, 2.75) is 13.3 Å². The van der Waals surface area contributed by atoms with E-state index in [0.717, 1.165) is 17.8 Å². The van der Waals surface area contributed by atoms with Crippen LogP contribution >= 0.6 is 0 Å². The standard InChI is InChI=1S/C11H14N4/c1-9-7-10(3-4-12)8-13-11(9)15-6-2-5-14-15/h2,5-8H,3-4,12H2,1H3. The van der Waals surface area contributed by atoms with Gasteiger partial charge in [-0.3, -0.25) is 0 Å². The molecule has 2 N–H and O–H groups in total.